The summed E-state index contributed by atoms with van der Waals surface area (Å²) in [6.07, 6.45) is 0. The zero-order chi connectivity index (χ0) is 22.4. The zero-order valence-corrected chi connectivity index (χ0v) is 16.9. The van der Waals surface area contributed by atoms with Gasteiger partial charge in [-0.05, 0) is 49.4 Å². The van der Waals surface area contributed by atoms with Crippen LogP contribution < -0.4 is 19.5 Å². The Hall–Kier alpha value is -3.33. The van der Waals surface area contributed by atoms with Crippen molar-refractivity contribution < 1.29 is 36.6 Å². The molecule has 0 radical (unpaired) electrons. The molecular weight excluding hydrogens is 439 g/mol. The van der Waals surface area contributed by atoms with Gasteiger partial charge in [-0.2, -0.15) is 8.78 Å². The molecule has 0 bridgehead atoms. The molecule has 0 fully saturated rings. The van der Waals surface area contributed by atoms with E-state index < -0.39 is 18.3 Å². The first-order valence-electron chi connectivity index (χ1n) is 9.05. The van der Waals surface area contributed by atoms with Crippen LogP contribution in [0, 0.1) is 5.82 Å². The van der Waals surface area contributed by atoms with E-state index in [1.54, 1.807) is 6.92 Å². The minimum absolute atomic E-state index is 0.00494. The molecule has 6 nitrogen and oxygen atoms in total. The molecule has 164 valence electrons. The number of carbonyl (C=O) groups is 1. The molecule has 1 aromatic heterocycles. The van der Waals surface area contributed by atoms with Crippen LogP contribution in [0.25, 0.3) is 0 Å². The van der Waals surface area contributed by atoms with Crippen molar-refractivity contribution in [2.45, 2.75) is 20.1 Å². The molecule has 31 heavy (non-hydrogen) atoms. The Morgan fingerprint density at radius 2 is 1.84 bits per heavy atom. The highest BCUT2D eigenvalue weighted by Gasteiger charge is 2.16. The summed E-state index contributed by atoms with van der Waals surface area (Å²) in [6.45, 7) is -1.14. The number of furan rings is 1. The SMILES string of the molecule is CCOc1cc(NC(=O)c2ccc(COc3ccc(F)cc3Cl)o2)ccc1OC(F)F. The number of nitrogens with one attached hydrogen (secondary N) is 1. The van der Waals surface area contributed by atoms with E-state index in [0.717, 1.165) is 6.07 Å². The maximum Gasteiger partial charge on any atom is 0.387 e. The van der Waals surface area contributed by atoms with Gasteiger partial charge in [-0.15, -0.1) is 0 Å². The van der Waals surface area contributed by atoms with E-state index in [2.05, 4.69) is 10.1 Å². The fourth-order valence-electron chi connectivity index (χ4n) is 2.56. The largest absolute Gasteiger partial charge is 0.490 e. The Bertz CT molecular complexity index is 1060. The van der Waals surface area contributed by atoms with Crippen LogP contribution >= 0.6 is 11.6 Å². The van der Waals surface area contributed by atoms with Gasteiger partial charge in [0, 0.05) is 11.8 Å². The average molecular weight is 456 g/mol. The lowest BCUT2D eigenvalue weighted by Gasteiger charge is -2.13. The van der Waals surface area contributed by atoms with Crippen LogP contribution in [0.3, 0.4) is 0 Å². The van der Waals surface area contributed by atoms with E-state index >= 15 is 0 Å². The summed E-state index contributed by atoms with van der Waals surface area (Å²) in [7, 11) is 0. The molecule has 10 heteroatoms. The Kier molecular flexibility index (Phi) is 7.30. The van der Waals surface area contributed by atoms with Gasteiger partial charge in [0.15, 0.2) is 17.3 Å². The number of rotatable bonds is 9. The maximum atomic E-state index is 13.1. The lowest BCUT2D eigenvalue weighted by molar-refractivity contribution is -0.0514. The van der Waals surface area contributed by atoms with Crippen molar-refractivity contribution in [3.05, 3.63) is 70.9 Å². The number of hydrogen-bond donors (Lipinski definition) is 1. The summed E-state index contributed by atoms with van der Waals surface area (Å²) in [6, 6.07) is 10.7. The molecule has 0 spiro atoms. The third-order valence-electron chi connectivity index (χ3n) is 3.87. The number of hydrogen-bond acceptors (Lipinski definition) is 5. The smallest absolute Gasteiger partial charge is 0.387 e. The van der Waals surface area contributed by atoms with E-state index in [0.29, 0.717) is 11.4 Å². The second kappa shape index (κ2) is 10.1. The Morgan fingerprint density at radius 1 is 1.06 bits per heavy atom. The summed E-state index contributed by atoms with van der Waals surface area (Å²) in [5, 5.41) is 2.69. The lowest BCUT2D eigenvalue weighted by Crippen LogP contribution is -2.11. The highest BCUT2D eigenvalue weighted by atomic mass is 35.5. The second-order valence-electron chi connectivity index (χ2n) is 6.06. The third-order valence-corrected chi connectivity index (χ3v) is 4.16. The Balaban J connectivity index is 1.64. The Labute approximate surface area is 180 Å². The topological polar surface area (TPSA) is 69.9 Å². The van der Waals surface area contributed by atoms with Crippen LogP contribution in [0.1, 0.15) is 23.2 Å². The Morgan fingerprint density at radius 3 is 2.55 bits per heavy atom. The first kappa shape index (κ1) is 22.4. The molecule has 3 rings (SSSR count). The molecule has 1 amide bonds. The van der Waals surface area contributed by atoms with Crippen LogP contribution in [0.15, 0.2) is 52.9 Å². The average Bonchev–Trinajstić information content (AvgIpc) is 3.18. The van der Waals surface area contributed by atoms with Gasteiger partial charge < -0.3 is 23.9 Å². The molecule has 2 aromatic carbocycles. The summed E-state index contributed by atoms with van der Waals surface area (Å²) in [5.74, 6) is -0.556. The van der Waals surface area contributed by atoms with Gasteiger partial charge >= 0.3 is 6.61 Å². The molecule has 0 saturated carbocycles. The van der Waals surface area contributed by atoms with Gasteiger partial charge in [0.25, 0.3) is 5.91 Å². The van der Waals surface area contributed by atoms with Crippen LogP contribution in [0.4, 0.5) is 18.9 Å². The fraction of sp³-hybridized carbons (Fsp3) is 0.190. The summed E-state index contributed by atoms with van der Waals surface area (Å²) in [4.78, 5) is 12.4. The molecule has 3 aromatic rings. The standard InChI is InChI=1S/C21H17ClF3NO5/c1-2-28-19-10-13(4-7-17(19)31-21(24)25)26-20(27)18-8-5-14(30-18)11-29-16-6-3-12(23)9-15(16)22/h3-10,21H,2,11H2,1H3,(H,26,27). The molecular formula is C21H17ClF3NO5. The number of alkyl halides is 2. The summed E-state index contributed by atoms with van der Waals surface area (Å²) < 4.78 is 58.6. The normalized spacial score (nSPS) is 10.8. The number of benzene rings is 2. The van der Waals surface area contributed by atoms with E-state index in [9.17, 15) is 18.0 Å². The number of amides is 1. The molecule has 0 unspecified atom stereocenters. The predicted molar refractivity (Wildman–Crippen MR) is 107 cm³/mol. The monoisotopic (exact) mass is 455 g/mol. The fourth-order valence-corrected chi connectivity index (χ4v) is 2.78. The van der Waals surface area contributed by atoms with Crippen molar-refractivity contribution in [3.8, 4) is 17.2 Å². The van der Waals surface area contributed by atoms with Crippen molar-refractivity contribution in [3.63, 3.8) is 0 Å². The molecule has 0 atom stereocenters. The first-order valence-corrected chi connectivity index (χ1v) is 9.43. The van der Waals surface area contributed by atoms with Gasteiger partial charge in [0.1, 0.15) is 23.9 Å². The number of halogens is 4. The molecule has 1 heterocycles. The highest BCUT2D eigenvalue weighted by molar-refractivity contribution is 6.32. The first-order chi connectivity index (χ1) is 14.9. The van der Waals surface area contributed by atoms with Gasteiger partial charge in [-0.3, -0.25) is 4.79 Å². The van der Waals surface area contributed by atoms with Gasteiger partial charge in [0.05, 0.1) is 11.6 Å². The van der Waals surface area contributed by atoms with Crippen LogP contribution in [-0.2, 0) is 6.61 Å². The highest BCUT2D eigenvalue weighted by Crippen LogP contribution is 2.32. The van der Waals surface area contributed by atoms with Gasteiger partial charge in [-0.25, -0.2) is 4.39 Å². The predicted octanol–water partition coefficient (Wildman–Crippen LogP) is 5.90. The minimum Gasteiger partial charge on any atom is -0.490 e. The number of ether oxygens (including phenoxy) is 3. The van der Waals surface area contributed by atoms with Gasteiger partial charge in [-0.1, -0.05) is 11.6 Å². The summed E-state index contributed by atoms with van der Waals surface area (Å²) in [5.41, 5.74) is 0.294. The quantitative estimate of drug-likeness (QED) is 0.435. The minimum atomic E-state index is -3.01. The van der Waals surface area contributed by atoms with Crippen LogP contribution in [0.2, 0.25) is 5.02 Å². The molecule has 0 saturated heterocycles. The van der Waals surface area contributed by atoms with E-state index in [-0.39, 0.29) is 41.2 Å². The molecule has 0 aliphatic rings. The third kappa shape index (κ3) is 6.08. The maximum absolute atomic E-state index is 13.1. The lowest BCUT2D eigenvalue weighted by atomic mass is 10.2. The van der Waals surface area contributed by atoms with Crippen molar-refractivity contribution in [2.75, 3.05) is 11.9 Å². The van der Waals surface area contributed by atoms with E-state index in [1.807, 2.05) is 0 Å². The summed E-state index contributed by atoms with van der Waals surface area (Å²) >= 11 is 5.90. The van der Waals surface area contributed by atoms with Crippen LogP contribution in [-0.4, -0.2) is 19.1 Å². The zero-order valence-electron chi connectivity index (χ0n) is 16.2. The second-order valence-corrected chi connectivity index (χ2v) is 6.46. The van der Waals surface area contributed by atoms with E-state index in [4.69, 9.17) is 25.5 Å². The number of anilines is 1. The molecule has 0 aliphatic carbocycles. The van der Waals surface area contributed by atoms with Crippen molar-refractivity contribution in [1.29, 1.82) is 0 Å². The van der Waals surface area contributed by atoms with Gasteiger partial charge in [0.2, 0.25) is 0 Å². The van der Waals surface area contributed by atoms with Crippen molar-refractivity contribution in [1.82, 2.24) is 0 Å². The number of carbonyl (C=O) groups excluding carboxylic acids is 1. The molecule has 0 aliphatic heterocycles. The van der Waals surface area contributed by atoms with E-state index in [1.165, 1.54) is 42.5 Å². The van der Waals surface area contributed by atoms with Crippen molar-refractivity contribution in [2.24, 2.45) is 0 Å². The molecule has 1 N–H and O–H groups in total. The van der Waals surface area contributed by atoms with Crippen molar-refractivity contribution >= 4 is 23.2 Å². The van der Waals surface area contributed by atoms with Crippen LogP contribution in [0.5, 0.6) is 17.2 Å².